The number of hydrogen-bond acceptors (Lipinski definition) is 3. The van der Waals surface area contributed by atoms with Crippen molar-refractivity contribution in [2.24, 2.45) is 0 Å². The smallest absolute Gasteiger partial charge is 0.131 e. The van der Waals surface area contributed by atoms with E-state index in [2.05, 4.69) is 10.3 Å². The molecule has 0 spiro atoms. The monoisotopic (exact) mass is 274 g/mol. The van der Waals surface area contributed by atoms with Crippen LogP contribution in [-0.4, -0.2) is 11.5 Å². The SMILES string of the molecule is CCNC(C)c1ccc(OCc2ccncc2)cc1F. The van der Waals surface area contributed by atoms with Gasteiger partial charge in [0.05, 0.1) is 0 Å². The van der Waals surface area contributed by atoms with Crippen LogP contribution in [0.4, 0.5) is 4.39 Å². The molecular formula is C16H19FN2O. The lowest BCUT2D eigenvalue weighted by atomic mass is 10.1. The zero-order valence-corrected chi connectivity index (χ0v) is 11.8. The second kappa shape index (κ2) is 7.01. The standard InChI is InChI=1S/C16H19FN2O/c1-3-19-12(2)15-5-4-14(10-16(15)17)20-11-13-6-8-18-9-7-13/h4-10,12,19H,3,11H2,1-2H3. The van der Waals surface area contributed by atoms with Gasteiger partial charge < -0.3 is 10.1 Å². The molecule has 1 unspecified atom stereocenters. The van der Waals surface area contributed by atoms with Gasteiger partial charge in [-0.25, -0.2) is 4.39 Å². The molecule has 0 aliphatic carbocycles. The van der Waals surface area contributed by atoms with Crippen LogP contribution in [0.15, 0.2) is 42.7 Å². The molecule has 1 atom stereocenters. The van der Waals surface area contributed by atoms with Crippen molar-refractivity contribution in [3.63, 3.8) is 0 Å². The third kappa shape index (κ3) is 3.78. The van der Waals surface area contributed by atoms with Crippen molar-refractivity contribution in [2.45, 2.75) is 26.5 Å². The van der Waals surface area contributed by atoms with Gasteiger partial charge in [0.2, 0.25) is 0 Å². The summed E-state index contributed by atoms with van der Waals surface area (Å²) in [5.74, 6) is 0.289. The van der Waals surface area contributed by atoms with Gasteiger partial charge in [0.1, 0.15) is 18.2 Å². The molecule has 0 saturated carbocycles. The van der Waals surface area contributed by atoms with E-state index in [9.17, 15) is 4.39 Å². The number of nitrogens with zero attached hydrogens (tertiary/aromatic N) is 1. The first kappa shape index (κ1) is 14.5. The summed E-state index contributed by atoms with van der Waals surface area (Å²) in [7, 11) is 0. The Hall–Kier alpha value is -1.94. The molecule has 2 aromatic rings. The molecule has 0 bridgehead atoms. The van der Waals surface area contributed by atoms with E-state index < -0.39 is 0 Å². The Balaban J connectivity index is 2.02. The minimum absolute atomic E-state index is 0.00533. The number of rotatable bonds is 6. The van der Waals surface area contributed by atoms with Crippen LogP contribution in [-0.2, 0) is 6.61 Å². The van der Waals surface area contributed by atoms with Crippen molar-refractivity contribution < 1.29 is 9.13 Å². The summed E-state index contributed by atoms with van der Waals surface area (Å²) >= 11 is 0. The summed E-state index contributed by atoms with van der Waals surface area (Å²) in [6.07, 6.45) is 3.42. The molecule has 106 valence electrons. The summed E-state index contributed by atoms with van der Waals surface area (Å²) in [4.78, 5) is 3.94. The van der Waals surface area contributed by atoms with Gasteiger partial charge in [0, 0.05) is 30.1 Å². The molecular weight excluding hydrogens is 255 g/mol. The highest BCUT2D eigenvalue weighted by molar-refractivity contribution is 5.31. The van der Waals surface area contributed by atoms with Gasteiger partial charge in [-0.2, -0.15) is 0 Å². The van der Waals surface area contributed by atoms with E-state index in [4.69, 9.17) is 4.74 Å². The Bertz CT molecular complexity index is 545. The molecule has 0 radical (unpaired) electrons. The van der Waals surface area contributed by atoms with Gasteiger partial charge in [-0.1, -0.05) is 13.0 Å². The average molecular weight is 274 g/mol. The fourth-order valence-corrected chi connectivity index (χ4v) is 2.01. The molecule has 0 aliphatic rings. The van der Waals surface area contributed by atoms with Gasteiger partial charge >= 0.3 is 0 Å². The predicted octanol–water partition coefficient (Wildman–Crippen LogP) is 3.47. The third-order valence-electron chi connectivity index (χ3n) is 3.10. The van der Waals surface area contributed by atoms with Crippen LogP contribution in [0.3, 0.4) is 0 Å². The lowest BCUT2D eigenvalue weighted by Crippen LogP contribution is -2.18. The maximum atomic E-state index is 14.0. The molecule has 1 aromatic heterocycles. The Labute approximate surface area is 118 Å². The zero-order chi connectivity index (χ0) is 14.4. The van der Waals surface area contributed by atoms with E-state index in [-0.39, 0.29) is 11.9 Å². The second-order valence-corrected chi connectivity index (χ2v) is 4.61. The normalized spacial score (nSPS) is 12.2. The van der Waals surface area contributed by atoms with E-state index in [1.54, 1.807) is 24.5 Å². The number of halogens is 1. The van der Waals surface area contributed by atoms with Crippen LogP contribution in [0, 0.1) is 5.82 Å². The molecule has 1 aromatic carbocycles. The first-order valence-electron chi connectivity index (χ1n) is 6.75. The molecule has 0 saturated heterocycles. The molecule has 0 fully saturated rings. The molecule has 0 aliphatic heterocycles. The lowest BCUT2D eigenvalue weighted by molar-refractivity contribution is 0.304. The summed E-state index contributed by atoms with van der Waals surface area (Å²) in [5.41, 5.74) is 1.66. The highest BCUT2D eigenvalue weighted by Gasteiger charge is 2.10. The second-order valence-electron chi connectivity index (χ2n) is 4.61. The van der Waals surface area contributed by atoms with Crippen molar-refractivity contribution in [1.82, 2.24) is 10.3 Å². The minimum Gasteiger partial charge on any atom is -0.489 e. The van der Waals surface area contributed by atoms with Crippen LogP contribution >= 0.6 is 0 Å². The summed E-state index contributed by atoms with van der Waals surface area (Å²) in [6.45, 7) is 5.16. The highest BCUT2D eigenvalue weighted by Crippen LogP contribution is 2.22. The summed E-state index contributed by atoms with van der Waals surface area (Å²) < 4.78 is 19.6. The summed E-state index contributed by atoms with van der Waals surface area (Å²) in [6, 6.07) is 8.74. The molecule has 20 heavy (non-hydrogen) atoms. The number of ether oxygens (including phenoxy) is 1. The average Bonchev–Trinajstić information content (AvgIpc) is 2.46. The van der Waals surface area contributed by atoms with Gasteiger partial charge in [-0.15, -0.1) is 0 Å². The number of hydrogen-bond donors (Lipinski definition) is 1. The number of benzene rings is 1. The molecule has 0 amide bonds. The maximum Gasteiger partial charge on any atom is 0.131 e. The van der Waals surface area contributed by atoms with Crippen molar-refractivity contribution in [3.8, 4) is 5.75 Å². The van der Waals surface area contributed by atoms with Crippen molar-refractivity contribution in [2.75, 3.05) is 6.54 Å². The fraction of sp³-hybridized carbons (Fsp3) is 0.312. The Morgan fingerprint density at radius 1 is 1.25 bits per heavy atom. The third-order valence-corrected chi connectivity index (χ3v) is 3.10. The molecule has 3 nitrogen and oxygen atoms in total. The first-order valence-corrected chi connectivity index (χ1v) is 6.75. The maximum absolute atomic E-state index is 14.0. The van der Waals surface area contributed by atoms with Gasteiger partial charge in [0.15, 0.2) is 0 Å². The van der Waals surface area contributed by atoms with E-state index in [1.165, 1.54) is 6.07 Å². The van der Waals surface area contributed by atoms with Gasteiger partial charge in [0.25, 0.3) is 0 Å². The van der Waals surface area contributed by atoms with E-state index in [1.807, 2.05) is 26.0 Å². The zero-order valence-electron chi connectivity index (χ0n) is 11.8. The van der Waals surface area contributed by atoms with Crippen LogP contribution in [0.25, 0.3) is 0 Å². The number of aromatic nitrogens is 1. The van der Waals surface area contributed by atoms with E-state index in [0.29, 0.717) is 17.9 Å². The molecule has 2 rings (SSSR count). The molecule has 1 N–H and O–H groups in total. The quantitative estimate of drug-likeness (QED) is 0.875. The van der Waals surface area contributed by atoms with Gasteiger partial charge in [-0.3, -0.25) is 4.98 Å². The fourth-order valence-electron chi connectivity index (χ4n) is 2.01. The van der Waals surface area contributed by atoms with Gasteiger partial charge in [-0.05, 0) is 37.2 Å². The largest absolute Gasteiger partial charge is 0.489 e. The van der Waals surface area contributed by atoms with Crippen molar-refractivity contribution >= 4 is 0 Å². The highest BCUT2D eigenvalue weighted by atomic mass is 19.1. The number of pyridine rings is 1. The topological polar surface area (TPSA) is 34.1 Å². The van der Waals surface area contributed by atoms with Crippen molar-refractivity contribution in [1.29, 1.82) is 0 Å². The predicted molar refractivity (Wildman–Crippen MR) is 77.1 cm³/mol. The minimum atomic E-state index is -0.245. The van der Waals surface area contributed by atoms with Crippen LogP contribution in [0.5, 0.6) is 5.75 Å². The van der Waals surface area contributed by atoms with Crippen LogP contribution in [0.1, 0.15) is 31.0 Å². The number of nitrogens with one attached hydrogen (secondary N) is 1. The Morgan fingerprint density at radius 2 is 2.00 bits per heavy atom. The van der Waals surface area contributed by atoms with Crippen molar-refractivity contribution in [3.05, 3.63) is 59.7 Å². The van der Waals surface area contributed by atoms with Crippen LogP contribution < -0.4 is 10.1 Å². The lowest BCUT2D eigenvalue weighted by Gasteiger charge is -2.14. The van der Waals surface area contributed by atoms with E-state index >= 15 is 0 Å². The first-order chi connectivity index (χ1) is 9.70. The summed E-state index contributed by atoms with van der Waals surface area (Å²) in [5, 5.41) is 3.19. The van der Waals surface area contributed by atoms with Crippen LogP contribution in [0.2, 0.25) is 0 Å². The molecule has 4 heteroatoms. The molecule has 1 heterocycles. The Kier molecular flexibility index (Phi) is 5.07. The van der Waals surface area contributed by atoms with E-state index in [0.717, 1.165) is 12.1 Å². The Morgan fingerprint density at radius 3 is 2.65 bits per heavy atom.